The maximum atomic E-state index is 12.7. The predicted molar refractivity (Wildman–Crippen MR) is 116 cm³/mol. The Labute approximate surface area is 178 Å². The Bertz CT molecular complexity index is 1020. The van der Waals surface area contributed by atoms with Gasteiger partial charge in [-0.05, 0) is 25.0 Å². The number of carbonyl (C=O) groups excluding carboxylic acids is 1. The minimum Gasteiger partial charge on any atom is -0.463 e. The molecule has 28 heavy (non-hydrogen) atoms. The minimum absolute atomic E-state index is 0. The lowest BCUT2D eigenvalue weighted by molar-refractivity contribution is -0.137. The normalized spacial score (nSPS) is 12.6. The summed E-state index contributed by atoms with van der Waals surface area (Å²) in [5.74, 6) is -0.192. The van der Waals surface area contributed by atoms with Crippen LogP contribution in [-0.2, 0) is 4.79 Å². The number of ether oxygens (including phenoxy) is 1. The van der Waals surface area contributed by atoms with E-state index >= 15 is 0 Å². The molecule has 2 N–H and O–H groups in total. The highest BCUT2D eigenvalue weighted by molar-refractivity contribution is 7.09. The number of hydrogen-bond donors (Lipinski definition) is 1. The Hall–Kier alpha value is -1.93. The highest BCUT2D eigenvalue weighted by Gasteiger charge is 2.22. The van der Waals surface area contributed by atoms with E-state index in [0.29, 0.717) is 28.0 Å². The third-order valence-corrected chi connectivity index (χ3v) is 5.16. The lowest BCUT2D eigenvalue weighted by Crippen LogP contribution is -2.39. The summed E-state index contributed by atoms with van der Waals surface area (Å²) in [7, 11) is 0. The first-order valence-corrected chi connectivity index (χ1v) is 9.24. The third-order valence-electron chi connectivity index (χ3n) is 4.39. The van der Waals surface area contributed by atoms with Crippen LogP contribution in [0, 0.1) is 12.8 Å². The molecule has 2 aromatic heterocycles. The summed E-state index contributed by atoms with van der Waals surface area (Å²) in [6.45, 7) is 5.73. The van der Waals surface area contributed by atoms with Crippen LogP contribution in [0.15, 0.2) is 39.1 Å². The summed E-state index contributed by atoms with van der Waals surface area (Å²) in [6.07, 6.45) is 2.16. The fourth-order valence-corrected chi connectivity index (χ4v) is 3.12. The molecule has 2 unspecified atom stereocenters. The number of esters is 1. The van der Waals surface area contributed by atoms with Crippen LogP contribution in [0.25, 0.3) is 22.2 Å². The van der Waals surface area contributed by atoms with E-state index in [1.807, 2.05) is 26.2 Å². The van der Waals surface area contributed by atoms with Gasteiger partial charge in [0.1, 0.15) is 23.6 Å². The molecule has 0 spiro atoms. The number of fused-ring (bicyclic) bond motifs is 1. The van der Waals surface area contributed by atoms with E-state index in [4.69, 9.17) is 14.9 Å². The molecule has 9 heteroatoms. The summed E-state index contributed by atoms with van der Waals surface area (Å²) in [4.78, 5) is 29.1. The van der Waals surface area contributed by atoms with Crippen molar-refractivity contribution in [1.82, 2.24) is 4.98 Å². The van der Waals surface area contributed by atoms with E-state index < -0.39 is 12.0 Å². The van der Waals surface area contributed by atoms with Crippen LogP contribution >= 0.6 is 36.2 Å². The van der Waals surface area contributed by atoms with Gasteiger partial charge >= 0.3 is 5.97 Å². The molecule has 0 saturated heterocycles. The van der Waals surface area contributed by atoms with E-state index in [1.54, 1.807) is 12.1 Å². The zero-order chi connectivity index (χ0) is 18.8. The standard InChI is InChI=1S/C19H20N2O4S.2ClH/c1-4-10(2)17(20)19(23)25-12-5-6-13-16(7-12)24-8-14(18(13)22)15-9-26-11(3)21-15;;/h5-10,17H,4,20H2,1-3H3;2*1H. The van der Waals surface area contributed by atoms with Gasteiger partial charge in [-0.15, -0.1) is 36.2 Å². The maximum absolute atomic E-state index is 12.7. The van der Waals surface area contributed by atoms with Gasteiger partial charge in [-0.25, -0.2) is 9.78 Å². The molecule has 0 radical (unpaired) electrons. The predicted octanol–water partition coefficient (Wildman–Crippen LogP) is 4.35. The largest absolute Gasteiger partial charge is 0.463 e. The van der Waals surface area contributed by atoms with Gasteiger partial charge in [-0.2, -0.15) is 0 Å². The van der Waals surface area contributed by atoms with Crippen molar-refractivity contribution in [3.63, 3.8) is 0 Å². The Balaban J connectivity index is 0.00000196. The van der Waals surface area contributed by atoms with Crippen molar-refractivity contribution in [2.75, 3.05) is 0 Å². The van der Waals surface area contributed by atoms with Gasteiger partial charge in [-0.1, -0.05) is 20.3 Å². The summed E-state index contributed by atoms with van der Waals surface area (Å²) in [5, 5.41) is 3.10. The molecule has 0 aliphatic rings. The van der Waals surface area contributed by atoms with E-state index in [2.05, 4.69) is 4.98 Å². The second-order valence-electron chi connectivity index (χ2n) is 6.22. The van der Waals surface area contributed by atoms with Crippen molar-refractivity contribution in [2.45, 2.75) is 33.2 Å². The molecule has 0 fully saturated rings. The third kappa shape index (κ3) is 4.91. The first-order valence-electron chi connectivity index (χ1n) is 8.36. The summed E-state index contributed by atoms with van der Waals surface area (Å²) in [5.41, 5.74) is 7.06. The van der Waals surface area contributed by atoms with Gasteiger partial charge in [0.05, 0.1) is 21.7 Å². The summed E-state index contributed by atoms with van der Waals surface area (Å²) >= 11 is 1.47. The molecule has 2 heterocycles. The molecule has 0 bridgehead atoms. The van der Waals surface area contributed by atoms with Gasteiger partial charge < -0.3 is 14.9 Å². The van der Waals surface area contributed by atoms with Crippen molar-refractivity contribution in [3.8, 4) is 17.0 Å². The van der Waals surface area contributed by atoms with Crippen LogP contribution in [0.5, 0.6) is 5.75 Å². The molecule has 0 aliphatic heterocycles. The van der Waals surface area contributed by atoms with Gasteiger partial charge in [0.15, 0.2) is 0 Å². The zero-order valence-electron chi connectivity index (χ0n) is 15.6. The number of aryl methyl sites for hydroxylation is 1. The van der Waals surface area contributed by atoms with E-state index in [9.17, 15) is 9.59 Å². The molecule has 3 rings (SSSR count). The number of rotatable bonds is 5. The molecule has 1 aromatic carbocycles. The monoisotopic (exact) mass is 444 g/mol. The number of hydrogen-bond acceptors (Lipinski definition) is 7. The van der Waals surface area contributed by atoms with E-state index in [0.717, 1.165) is 11.4 Å². The Morgan fingerprint density at radius 3 is 2.68 bits per heavy atom. The van der Waals surface area contributed by atoms with Crippen molar-refractivity contribution < 1.29 is 13.9 Å². The molecule has 0 aliphatic carbocycles. The molecular weight excluding hydrogens is 423 g/mol. The van der Waals surface area contributed by atoms with Gasteiger partial charge in [0.25, 0.3) is 0 Å². The average Bonchev–Trinajstić information content (AvgIpc) is 3.06. The molecular formula is C19H22Cl2N2O4S. The van der Waals surface area contributed by atoms with E-state index in [1.165, 1.54) is 23.7 Å². The van der Waals surface area contributed by atoms with Gasteiger partial charge in [0, 0.05) is 11.4 Å². The van der Waals surface area contributed by atoms with Crippen LogP contribution in [0.2, 0.25) is 0 Å². The lowest BCUT2D eigenvalue weighted by Gasteiger charge is -2.16. The number of nitrogens with zero attached hydrogens (tertiary/aromatic N) is 1. The molecule has 152 valence electrons. The van der Waals surface area contributed by atoms with Gasteiger partial charge in [0.2, 0.25) is 5.43 Å². The number of halogens is 2. The first-order chi connectivity index (χ1) is 12.4. The molecule has 0 saturated carbocycles. The first kappa shape index (κ1) is 24.1. The summed E-state index contributed by atoms with van der Waals surface area (Å²) in [6, 6.07) is 3.98. The Morgan fingerprint density at radius 1 is 1.36 bits per heavy atom. The zero-order valence-corrected chi connectivity index (χ0v) is 18.1. The maximum Gasteiger partial charge on any atom is 0.328 e. The van der Waals surface area contributed by atoms with Crippen LogP contribution in [0.1, 0.15) is 25.3 Å². The molecule has 6 nitrogen and oxygen atoms in total. The number of carbonyl (C=O) groups is 1. The second-order valence-corrected chi connectivity index (χ2v) is 7.28. The van der Waals surface area contributed by atoms with Crippen LogP contribution < -0.4 is 15.9 Å². The second kappa shape index (κ2) is 10.0. The Morgan fingerprint density at radius 2 is 2.07 bits per heavy atom. The number of thiazole rings is 1. The number of benzene rings is 1. The van der Waals surface area contributed by atoms with Crippen LogP contribution in [0.3, 0.4) is 0 Å². The number of nitrogens with two attached hydrogens (primary N) is 1. The highest BCUT2D eigenvalue weighted by Crippen LogP contribution is 2.24. The molecule has 2 atom stereocenters. The van der Waals surface area contributed by atoms with Crippen molar-refractivity contribution in [2.24, 2.45) is 11.7 Å². The molecule has 0 amide bonds. The smallest absolute Gasteiger partial charge is 0.328 e. The van der Waals surface area contributed by atoms with Gasteiger partial charge in [-0.3, -0.25) is 4.79 Å². The topological polar surface area (TPSA) is 95.4 Å². The average molecular weight is 445 g/mol. The fraction of sp³-hybridized carbons (Fsp3) is 0.316. The van der Waals surface area contributed by atoms with Crippen molar-refractivity contribution >= 4 is 53.1 Å². The van der Waals surface area contributed by atoms with Crippen molar-refractivity contribution in [3.05, 3.63) is 45.1 Å². The van der Waals surface area contributed by atoms with Crippen LogP contribution in [-0.4, -0.2) is 17.0 Å². The molecule has 3 aromatic rings. The van der Waals surface area contributed by atoms with Crippen LogP contribution in [0.4, 0.5) is 0 Å². The quantitative estimate of drug-likeness (QED) is 0.464. The summed E-state index contributed by atoms with van der Waals surface area (Å²) < 4.78 is 10.9. The highest BCUT2D eigenvalue weighted by atomic mass is 35.5. The SMILES string of the molecule is CCC(C)C(N)C(=O)Oc1ccc2c(=O)c(-c3csc(C)n3)coc2c1.Cl.Cl. The fourth-order valence-electron chi connectivity index (χ4n) is 2.51. The lowest BCUT2D eigenvalue weighted by atomic mass is 10.0. The van der Waals surface area contributed by atoms with E-state index in [-0.39, 0.29) is 36.2 Å². The number of aromatic nitrogens is 1. The van der Waals surface area contributed by atoms with Crippen molar-refractivity contribution in [1.29, 1.82) is 0 Å². The Kier molecular flexibility index (Phi) is 8.63. The minimum atomic E-state index is -0.696.